The summed E-state index contributed by atoms with van der Waals surface area (Å²) in [5, 5.41) is 3.04. The van der Waals surface area contributed by atoms with E-state index in [1.807, 2.05) is 0 Å². The van der Waals surface area contributed by atoms with Gasteiger partial charge in [-0.15, -0.1) is 11.6 Å². The Morgan fingerprint density at radius 3 is 2.94 bits per heavy atom. The molecule has 2 atom stereocenters. The zero-order valence-corrected chi connectivity index (χ0v) is 9.78. The van der Waals surface area contributed by atoms with Crippen molar-refractivity contribution in [1.82, 2.24) is 10.3 Å². The van der Waals surface area contributed by atoms with E-state index >= 15 is 0 Å². The molecule has 86 valence electrons. The van der Waals surface area contributed by atoms with E-state index in [2.05, 4.69) is 10.3 Å². The lowest BCUT2D eigenvalue weighted by atomic mass is 9.95. The Hall–Kier alpha value is -1.09. The van der Waals surface area contributed by atoms with Crippen LogP contribution < -0.4 is 5.32 Å². The van der Waals surface area contributed by atoms with Crippen LogP contribution in [0, 0.1) is 0 Å². The molecule has 1 amide bonds. The summed E-state index contributed by atoms with van der Waals surface area (Å²) in [5.74, 6) is -0.0781. The second-order valence-electron chi connectivity index (χ2n) is 4.12. The number of rotatable bonds is 2. The molecule has 1 saturated carbocycles. The summed E-state index contributed by atoms with van der Waals surface area (Å²) >= 11 is 6.18. The van der Waals surface area contributed by atoms with Crippen LogP contribution in [0.3, 0.4) is 0 Å². The van der Waals surface area contributed by atoms with Gasteiger partial charge in [0, 0.05) is 18.4 Å². The number of carbonyl (C=O) groups is 1. The quantitative estimate of drug-likeness (QED) is 0.804. The van der Waals surface area contributed by atoms with Gasteiger partial charge in [0.2, 0.25) is 0 Å². The summed E-state index contributed by atoms with van der Waals surface area (Å²) in [6.45, 7) is 0. The van der Waals surface area contributed by atoms with Gasteiger partial charge in [0.25, 0.3) is 5.91 Å². The van der Waals surface area contributed by atoms with Gasteiger partial charge in [-0.2, -0.15) is 0 Å². The van der Waals surface area contributed by atoms with Crippen LogP contribution in [-0.2, 0) is 0 Å². The van der Waals surface area contributed by atoms with Crippen LogP contribution in [0.5, 0.6) is 0 Å². The summed E-state index contributed by atoms with van der Waals surface area (Å²) in [6.07, 6.45) is 7.48. The maximum absolute atomic E-state index is 11.8. The maximum atomic E-state index is 11.8. The Labute approximate surface area is 100 Å². The number of pyridine rings is 1. The van der Waals surface area contributed by atoms with E-state index in [-0.39, 0.29) is 17.3 Å². The first kappa shape index (κ1) is 11.4. The molecule has 0 aromatic carbocycles. The standard InChI is InChI=1S/C12H15ClN2O/c13-10-5-1-2-6-11(10)15-12(16)9-4-3-7-14-8-9/h3-4,7-8,10-11H,1-2,5-6H2,(H,15,16). The molecule has 0 aliphatic heterocycles. The van der Waals surface area contributed by atoms with Gasteiger partial charge in [-0.05, 0) is 25.0 Å². The predicted molar refractivity (Wildman–Crippen MR) is 63.6 cm³/mol. The number of hydrogen-bond acceptors (Lipinski definition) is 2. The topological polar surface area (TPSA) is 42.0 Å². The highest BCUT2D eigenvalue weighted by Gasteiger charge is 2.24. The van der Waals surface area contributed by atoms with Crippen LogP contribution in [0.15, 0.2) is 24.5 Å². The molecule has 1 fully saturated rings. The van der Waals surface area contributed by atoms with Crippen molar-refractivity contribution < 1.29 is 4.79 Å². The molecule has 2 rings (SSSR count). The molecule has 1 aromatic heterocycles. The molecule has 0 spiro atoms. The van der Waals surface area contributed by atoms with Crippen LogP contribution in [0.1, 0.15) is 36.0 Å². The van der Waals surface area contributed by atoms with Gasteiger partial charge >= 0.3 is 0 Å². The second-order valence-corrected chi connectivity index (χ2v) is 4.68. The van der Waals surface area contributed by atoms with Crippen molar-refractivity contribution in [2.75, 3.05) is 0 Å². The first-order valence-corrected chi connectivity index (χ1v) is 6.06. The van der Waals surface area contributed by atoms with Crippen molar-refractivity contribution in [2.45, 2.75) is 37.1 Å². The van der Waals surface area contributed by atoms with Crippen molar-refractivity contribution in [3.63, 3.8) is 0 Å². The molecule has 2 unspecified atom stereocenters. The van der Waals surface area contributed by atoms with E-state index in [0.29, 0.717) is 5.56 Å². The Bertz CT molecular complexity index is 355. The van der Waals surface area contributed by atoms with Crippen molar-refractivity contribution >= 4 is 17.5 Å². The predicted octanol–water partition coefficient (Wildman–Crippen LogP) is 2.36. The highest BCUT2D eigenvalue weighted by Crippen LogP contribution is 2.23. The summed E-state index contributed by atoms with van der Waals surface area (Å²) in [4.78, 5) is 15.8. The summed E-state index contributed by atoms with van der Waals surface area (Å²) in [5.41, 5.74) is 0.594. The van der Waals surface area contributed by atoms with E-state index < -0.39 is 0 Å². The van der Waals surface area contributed by atoms with E-state index in [9.17, 15) is 4.79 Å². The van der Waals surface area contributed by atoms with E-state index in [1.54, 1.807) is 24.5 Å². The number of nitrogens with zero attached hydrogens (tertiary/aromatic N) is 1. The smallest absolute Gasteiger partial charge is 0.253 e. The number of alkyl halides is 1. The van der Waals surface area contributed by atoms with Crippen LogP contribution in [0.25, 0.3) is 0 Å². The van der Waals surface area contributed by atoms with Gasteiger partial charge in [-0.1, -0.05) is 12.8 Å². The van der Waals surface area contributed by atoms with Crippen LogP contribution >= 0.6 is 11.6 Å². The van der Waals surface area contributed by atoms with Crippen LogP contribution in [0.4, 0.5) is 0 Å². The maximum Gasteiger partial charge on any atom is 0.253 e. The number of hydrogen-bond donors (Lipinski definition) is 1. The molecule has 0 saturated heterocycles. The molecule has 4 heteroatoms. The average molecular weight is 239 g/mol. The lowest BCUT2D eigenvalue weighted by Crippen LogP contribution is -2.42. The summed E-state index contributed by atoms with van der Waals surface area (Å²) in [6, 6.07) is 3.62. The Morgan fingerprint density at radius 2 is 2.25 bits per heavy atom. The normalized spacial score (nSPS) is 25.1. The van der Waals surface area contributed by atoms with Gasteiger partial charge < -0.3 is 5.32 Å². The fourth-order valence-electron chi connectivity index (χ4n) is 2.00. The minimum Gasteiger partial charge on any atom is -0.348 e. The van der Waals surface area contributed by atoms with Crippen molar-refractivity contribution in [3.05, 3.63) is 30.1 Å². The highest BCUT2D eigenvalue weighted by molar-refractivity contribution is 6.21. The SMILES string of the molecule is O=C(NC1CCCCC1Cl)c1cccnc1. The molecular weight excluding hydrogens is 224 g/mol. The first-order valence-electron chi connectivity index (χ1n) is 5.62. The molecule has 0 bridgehead atoms. The second kappa shape index (κ2) is 5.30. The lowest BCUT2D eigenvalue weighted by molar-refractivity contribution is 0.0928. The van der Waals surface area contributed by atoms with Crippen molar-refractivity contribution in [2.24, 2.45) is 0 Å². The first-order chi connectivity index (χ1) is 7.77. The minimum absolute atomic E-state index is 0.0642. The molecule has 1 N–H and O–H groups in total. The van der Waals surface area contributed by atoms with E-state index in [4.69, 9.17) is 11.6 Å². The zero-order chi connectivity index (χ0) is 11.4. The van der Waals surface area contributed by atoms with Crippen molar-refractivity contribution in [1.29, 1.82) is 0 Å². The molecule has 3 nitrogen and oxygen atoms in total. The largest absolute Gasteiger partial charge is 0.348 e. The zero-order valence-electron chi connectivity index (χ0n) is 9.03. The van der Waals surface area contributed by atoms with Gasteiger partial charge in [0.15, 0.2) is 0 Å². The summed E-state index contributed by atoms with van der Waals surface area (Å²) in [7, 11) is 0. The number of amides is 1. The third-order valence-corrected chi connectivity index (χ3v) is 3.44. The monoisotopic (exact) mass is 238 g/mol. The third kappa shape index (κ3) is 2.73. The fraction of sp³-hybridized carbons (Fsp3) is 0.500. The number of carbonyl (C=O) groups excluding carboxylic acids is 1. The van der Waals surface area contributed by atoms with Gasteiger partial charge in [-0.3, -0.25) is 9.78 Å². The Kier molecular flexibility index (Phi) is 3.78. The van der Waals surface area contributed by atoms with Gasteiger partial charge in [0.1, 0.15) is 0 Å². The van der Waals surface area contributed by atoms with Gasteiger partial charge in [0.05, 0.1) is 10.9 Å². The highest BCUT2D eigenvalue weighted by atomic mass is 35.5. The molecule has 1 aliphatic carbocycles. The molecule has 1 aromatic rings. The van der Waals surface area contributed by atoms with E-state index in [0.717, 1.165) is 25.7 Å². The van der Waals surface area contributed by atoms with Crippen molar-refractivity contribution in [3.8, 4) is 0 Å². The lowest BCUT2D eigenvalue weighted by Gasteiger charge is -2.27. The Morgan fingerprint density at radius 1 is 1.44 bits per heavy atom. The molecule has 16 heavy (non-hydrogen) atoms. The fourth-order valence-corrected chi connectivity index (χ4v) is 2.34. The van der Waals surface area contributed by atoms with Crippen LogP contribution in [0.2, 0.25) is 0 Å². The average Bonchev–Trinajstić information content (AvgIpc) is 2.33. The molecular formula is C12H15ClN2O. The van der Waals surface area contributed by atoms with E-state index in [1.165, 1.54) is 0 Å². The third-order valence-electron chi connectivity index (χ3n) is 2.92. The van der Waals surface area contributed by atoms with Gasteiger partial charge in [-0.25, -0.2) is 0 Å². The van der Waals surface area contributed by atoms with Crippen LogP contribution in [-0.4, -0.2) is 22.3 Å². The molecule has 1 heterocycles. The minimum atomic E-state index is -0.0781. The number of halogens is 1. The number of nitrogens with one attached hydrogen (secondary N) is 1. The molecule has 1 aliphatic rings. The number of aromatic nitrogens is 1. The summed E-state index contributed by atoms with van der Waals surface area (Å²) < 4.78 is 0. The Balaban J connectivity index is 1.96. The molecule has 0 radical (unpaired) electrons.